The molecule has 1 radical (unpaired) electrons. The average molecular weight is 98.2 g/mol. The van der Waals surface area contributed by atoms with E-state index in [0.717, 1.165) is 6.54 Å². The Morgan fingerprint density at radius 2 is 2.43 bits per heavy atom. The lowest BCUT2D eigenvalue weighted by molar-refractivity contribution is 0.515. The zero-order valence-corrected chi connectivity index (χ0v) is 4.83. The highest BCUT2D eigenvalue weighted by molar-refractivity contribution is 4.90. The van der Waals surface area contributed by atoms with Crippen LogP contribution in [0.15, 0.2) is 0 Å². The molecule has 7 heavy (non-hydrogen) atoms. The van der Waals surface area contributed by atoms with Crippen LogP contribution in [0.3, 0.4) is 0 Å². The lowest BCUT2D eigenvalue weighted by Gasteiger charge is -2.15. The van der Waals surface area contributed by atoms with E-state index in [1.807, 2.05) is 0 Å². The fourth-order valence-corrected chi connectivity index (χ4v) is 0.957. The van der Waals surface area contributed by atoms with Crippen molar-refractivity contribution in [2.24, 2.45) is 0 Å². The van der Waals surface area contributed by atoms with E-state index >= 15 is 0 Å². The van der Waals surface area contributed by atoms with E-state index in [9.17, 15) is 0 Å². The zero-order valence-electron chi connectivity index (χ0n) is 4.83. The summed E-state index contributed by atoms with van der Waals surface area (Å²) < 4.78 is 0. The molecule has 1 fully saturated rings. The summed E-state index contributed by atoms with van der Waals surface area (Å²) in [7, 11) is 0. The van der Waals surface area contributed by atoms with Gasteiger partial charge in [0, 0.05) is 5.54 Å². The molecule has 0 saturated carbocycles. The van der Waals surface area contributed by atoms with Gasteiger partial charge in [0.2, 0.25) is 0 Å². The summed E-state index contributed by atoms with van der Waals surface area (Å²) in [4.78, 5) is 0. The molecule has 1 rings (SSSR count). The first-order valence-corrected chi connectivity index (χ1v) is 2.81. The van der Waals surface area contributed by atoms with Gasteiger partial charge in [-0.25, -0.2) is 0 Å². The normalized spacial score (nSPS) is 28.3. The van der Waals surface area contributed by atoms with Crippen LogP contribution in [-0.4, -0.2) is 12.1 Å². The van der Waals surface area contributed by atoms with Crippen molar-refractivity contribution >= 4 is 0 Å². The molecule has 0 aromatic rings. The van der Waals surface area contributed by atoms with Crippen molar-refractivity contribution in [2.45, 2.75) is 25.3 Å². The average Bonchev–Trinajstić information content (AvgIpc) is 1.84. The van der Waals surface area contributed by atoms with Crippen LogP contribution in [0, 0.1) is 6.92 Å². The molecule has 1 aliphatic rings. The fourth-order valence-electron chi connectivity index (χ4n) is 0.957. The Morgan fingerprint density at radius 1 is 1.71 bits per heavy atom. The maximum atomic E-state index is 3.96. The molecule has 1 aliphatic heterocycles. The van der Waals surface area contributed by atoms with E-state index in [1.54, 1.807) is 0 Å². The highest BCUT2D eigenvalue weighted by atomic mass is 15.0. The van der Waals surface area contributed by atoms with Crippen LogP contribution in [-0.2, 0) is 0 Å². The van der Waals surface area contributed by atoms with E-state index in [1.165, 1.54) is 12.8 Å². The molecule has 1 atom stereocenters. The topological polar surface area (TPSA) is 12.0 Å². The van der Waals surface area contributed by atoms with Gasteiger partial charge >= 0.3 is 0 Å². The third-order valence-electron chi connectivity index (χ3n) is 1.46. The number of rotatable bonds is 0. The molecule has 1 saturated heterocycles. The zero-order chi connectivity index (χ0) is 5.33. The summed E-state index contributed by atoms with van der Waals surface area (Å²) in [5, 5.41) is 3.28. The van der Waals surface area contributed by atoms with Gasteiger partial charge in [-0.3, -0.25) is 0 Å². The Hall–Kier alpha value is -0.0400. The molecule has 0 unspecified atom stereocenters. The molecule has 1 heteroatoms. The Morgan fingerprint density at radius 3 is 2.57 bits per heavy atom. The Bertz CT molecular complexity index is 58.6. The van der Waals surface area contributed by atoms with E-state index in [4.69, 9.17) is 0 Å². The maximum absolute atomic E-state index is 3.96. The van der Waals surface area contributed by atoms with Gasteiger partial charge in [0.15, 0.2) is 0 Å². The highest BCUT2D eigenvalue weighted by Gasteiger charge is 2.20. The van der Waals surface area contributed by atoms with Gasteiger partial charge in [0.25, 0.3) is 0 Å². The Kier molecular flexibility index (Phi) is 1.08. The monoisotopic (exact) mass is 98.1 g/mol. The third-order valence-corrected chi connectivity index (χ3v) is 1.46. The van der Waals surface area contributed by atoms with E-state index < -0.39 is 0 Å². The van der Waals surface area contributed by atoms with Gasteiger partial charge in [0.05, 0.1) is 0 Å². The quantitative estimate of drug-likeness (QED) is 0.476. The first-order chi connectivity index (χ1) is 3.21. The van der Waals surface area contributed by atoms with E-state index in [-0.39, 0.29) is 5.54 Å². The Balaban J connectivity index is 2.40. The molecular formula is C6H12N. The molecule has 1 nitrogen and oxygen atoms in total. The van der Waals surface area contributed by atoms with Gasteiger partial charge in [-0.1, -0.05) is 0 Å². The van der Waals surface area contributed by atoms with E-state index in [0.29, 0.717) is 0 Å². The molecule has 0 aromatic heterocycles. The third kappa shape index (κ3) is 1.16. The first kappa shape index (κ1) is 5.10. The smallest absolute Gasteiger partial charge is 0.0154 e. The lowest BCUT2D eigenvalue weighted by atomic mass is 10.0. The van der Waals surface area contributed by atoms with Crippen molar-refractivity contribution < 1.29 is 0 Å². The first-order valence-electron chi connectivity index (χ1n) is 2.81. The molecule has 0 aromatic carbocycles. The molecular weight excluding hydrogens is 86.1 g/mol. The SMILES string of the molecule is [CH2][C@]1(C)CCCN1. The van der Waals surface area contributed by atoms with Crippen LogP contribution in [0.4, 0.5) is 0 Å². The van der Waals surface area contributed by atoms with Gasteiger partial charge in [-0.2, -0.15) is 0 Å². The van der Waals surface area contributed by atoms with Crippen molar-refractivity contribution in [1.29, 1.82) is 0 Å². The molecule has 0 aliphatic carbocycles. The summed E-state index contributed by atoms with van der Waals surface area (Å²) in [5.74, 6) is 0. The summed E-state index contributed by atoms with van der Waals surface area (Å²) in [5.41, 5.74) is 0.194. The molecule has 1 N–H and O–H groups in total. The second-order valence-electron chi connectivity index (χ2n) is 2.59. The van der Waals surface area contributed by atoms with Gasteiger partial charge < -0.3 is 5.32 Å². The van der Waals surface area contributed by atoms with Crippen LogP contribution in [0.1, 0.15) is 19.8 Å². The van der Waals surface area contributed by atoms with Crippen LogP contribution < -0.4 is 5.32 Å². The Labute approximate surface area is 45.1 Å². The fraction of sp³-hybridized carbons (Fsp3) is 0.833. The molecule has 0 bridgehead atoms. The number of nitrogens with one attached hydrogen (secondary N) is 1. The van der Waals surface area contributed by atoms with Crippen LogP contribution in [0.2, 0.25) is 0 Å². The van der Waals surface area contributed by atoms with E-state index in [2.05, 4.69) is 19.2 Å². The van der Waals surface area contributed by atoms with Gasteiger partial charge in [-0.15, -0.1) is 0 Å². The minimum absolute atomic E-state index is 0.194. The molecule has 0 spiro atoms. The van der Waals surface area contributed by atoms with Crippen molar-refractivity contribution in [3.8, 4) is 0 Å². The summed E-state index contributed by atoms with van der Waals surface area (Å²) in [6.07, 6.45) is 2.52. The van der Waals surface area contributed by atoms with Crippen molar-refractivity contribution in [1.82, 2.24) is 5.32 Å². The van der Waals surface area contributed by atoms with Crippen LogP contribution in [0.25, 0.3) is 0 Å². The van der Waals surface area contributed by atoms with Crippen LogP contribution in [0.5, 0.6) is 0 Å². The minimum atomic E-state index is 0.194. The predicted molar refractivity (Wildman–Crippen MR) is 31.0 cm³/mol. The van der Waals surface area contributed by atoms with Crippen molar-refractivity contribution in [3.05, 3.63) is 6.92 Å². The van der Waals surface area contributed by atoms with Gasteiger partial charge in [0.1, 0.15) is 0 Å². The molecule has 41 valence electrons. The summed E-state index contributed by atoms with van der Waals surface area (Å²) in [6.45, 7) is 7.25. The van der Waals surface area contributed by atoms with Crippen LogP contribution >= 0.6 is 0 Å². The van der Waals surface area contributed by atoms with Crippen molar-refractivity contribution in [2.75, 3.05) is 6.54 Å². The number of hydrogen-bond acceptors (Lipinski definition) is 1. The summed E-state index contributed by atoms with van der Waals surface area (Å²) >= 11 is 0. The van der Waals surface area contributed by atoms with Crippen molar-refractivity contribution in [3.63, 3.8) is 0 Å². The summed E-state index contributed by atoms with van der Waals surface area (Å²) in [6, 6.07) is 0. The highest BCUT2D eigenvalue weighted by Crippen LogP contribution is 2.15. The van der Waals surface area contributed by atoms with Gasteiger partial charge in [-0.05, 0) is 33.2 Å². The second kappa shape index (κ2) is 1.48. The number of hydrogen-bond donors (Lipinski definition) is 1. The minimum Gasteiger partial charge on any atom is -0.312 e. The molecule has 1 heterocycles. The maximum Gasteiger partial charge on any atom is 0.0154 e. The standard InChI is InChI=1S/C6H12N/c1-6(2)4-3-5-7-6/h7H,1,3-5H2,2H3/t6-/m0/s1. The largest absolute Gasteiger partial charge is 0.312 e. The second-order valence-corrected chi connectivity index (χ2v) is 2.59. The predicted octanol–water partition coefficient (Wildman–Crippen LogP) is 0.963. The lowest BCUT2D eigenvalue weighted by Crippen LogP contribution is -2.32. The molecule has 0 amide bonds.